The SMILES string of the molecule is OCC1CCCN1c1nccc([S-])c1Cl.[Na+]. The molecule has 2 heterocycles. The smallest absolute Gasteiger partial charge is 0.778 e. The van der Waals surface area contributed by atoms with Gasteiger partial charge in [0.1, 0.15) is 5.82 Å². The van der Waals surface area contributed by atoms with Gasteiger partial charge in [0.05, 0.1) is 17.7 Å². The third-order valence-corrected chi connectivity index (χ3v) is 3.52. The second-order valence-electron chi connectivity index (χ2n) is 3.62. The molecule has 0 aromatic carbocycles. The Hall–Kier alpha value is 0.420. The molecule has 2 rings (SSSR count). The molecule has 16 heavy (non-hydrogen) atoms. The number of nitrogens with zero attached hydrogens (tertiary/aromatic N) is 2. The summed E-state index contributed by atoms with van der Waals surface area (Å²) >= 11 is 11.2. The standard InChI is InChI=1S/C10H13ClN2OS.Na/c11-9-8(15)3-4-12-10(9)13-5-1-2-7(13)6-14;/h3-4,7,14H,1-2,5-6H2,(H,12,15);/q;+1/p-1. The summed E-state index contributed by atoms with van der Waals surface area (Å²) in [4.78, 5) is 6.89. The Morgan fingerprint density at radius 2 is 2.38 bits per heavy atom. The van der Waals surface area contributed by atoms with Crippen LogP contribution in [0.25, 0.3) is 0 Å². The van der Waals surface area contributed by atoms with E-state index in [0.717, 1.165) is 19.4 Å². The van der Waals surface area contributed by atoms with Gasteiger partial charge in [-0.25, -0.2) is 4.98 Å². The Bertz CT molecular complexity index is 367. The maximum absolute atomic E-state index is 9.22. The van der Waals surface area contributed by atoms with Crippen molar-refractivity contribution >= 4 is 30.0 Å². The maximum Gasteiger partial charge on any atom is 1.00 e. The third-order valence-electron chi connectivity index (χ3n) is 2.70. The molecule has 1 fully saturated rings. The summed E-state index contributed by atoms with van der Waals surface area (Å²) in [6.45, 7) is 1.02. The molecule has 6 heteroatoms. The summed E-state index contributed by atoms with van der Waals surface area (Å²) in [5.74, 6) is 0.709. The second kappa shape index (κ2) is 6.38. The van der Waals surface area contributed by atoms with Crippen LogP contribution < -0.4 is 34.5 Å². The zero-order valence-electron chi connectivity index (χ0n) is 9.19. The first kappa shape index (κ1) is 14.5. The van der Waals surface area contributed by atoms with Crippen molar-refractivity contribution in [3.05, 3.63) is 17.3 Å². The monoisotopic (exact) mass is 266 g/mol. The van der Waals surface area contributed by atoms with Crippen LogP contribution >= 0.6 is 11.6 Å². The van der Waals surface area contributed by atoms with Gasteiger partial charge in [-0.05, 0) is 12.8 Å². The number of aliphatic hydroxyl groups excluding tert-OH is 1. The predicted molar refractivity (Wildman–Crippen MR) is 62.3 cm³/mol. The van der Waals surface area contributed by atoms with Crippen molar-refractivity contribution in [1.82, 2.24) is 4.98 Å². The number of anilines is 1. The number of hydrogen-bond acceptors (Lipinski definition) is 4. The molecule has 1 atom stereocenters. The first-order valence-electron chi connectivity index (χ1n) is 4.93. The molecule has 0 radical (unpaired) electrons. The average Bonchev–Trinajstić information content (AvgIpc) is 2.70. The molecule has 1 unspecified atom stereocenters. The van der Waals surface area contributed by atoms with Crippen LogP contribution in [0, 0.1) is 0 Å². The summed E-state index contributed by atoms with van der Waals surface area (Å²) in [5, 5.41) is 9.74. The van der Waals surface area contributed by atoms with Crippen molar-refractivity contribution in [3.63, 3.8) is 0 Å². The minimum atomic E-state index is 0. The van der Waals surface area contributed by atoms with Crippen LogP contribution in [-0.4, -0.2) is 29.3 Å². The fraction of sp³-hybridized carbons (Fsp3) is 0.500. The van der Waals surface area contributed by atoms with Gasteiger partial charge in [0.15, 0.2) is 0 Å². The molecule has 1 aromatic rings. The van der Waals surface area contributed by atoms with Crippen LogP contribution in [0.1, 0.15) is 12.8 Å². The Kier molecular flexibility index (Phi) is 5.77. The van der Waals surface area contributed by atoms with Gasteiger partial charge in [0.2, 0.25) is 0 Å². The molecule has 1 saturated heterocycles. The van der Waals surface area contributed by atoms with E-state index in [1.807, 2.05) is 4.90 Å². The number of aliphatic hydroxyl groups is 1. The van der Waals surface area contributed by atoms with Crippen LogP contribution in [-0.2, 0) is 12.6 Å². The molecular weight excluding hydrogens is 255 g/mol. The second-order valence-corrected chi connectivity index (χ2v) is 4.44. The van der Waals surface area contributed by atoms with Crippen LogP contribution in [0.4, 0.5) is 5.82 Å². The minimum absolute atomic E-state index is 0. The quantitative estimate of drug-likeness (QED) is 0.528. The number of halogens is 1. The number of aromatic nitrogens is 1. The summed E-state index contributed by atoms with van der Waals surface area (Å²) < 4.78 is 0. The largest absolute Gasteiger partial charge is 1.00 e. The first-order valence-corrected chi connectivity index (χ1v) is 5.71. The van der Waals surface area contributed by atoms with E-state index in [-0.39, 0.29) is 42.2 Å². The van der Waals surface area contributed by atoms with E-state index >= 15 is 0 Å². The van der Waals surface area contributed by atoms with Gasteiger partial charge in [-0.15, -0.1) is 0 Å². The van der Waals surface area contributed by atoms with Gasteiger partial charge in [-0.3, -0.25) is 0 Å². The van der Waals surface area contributed by atoms with E-state index in [1.165, 1.54) is 0 Å². The van der Waals surface area contributed by atoms with E-state index in [0.29, 0.717) is 15.7 Å². The van der Waals surface area contributed by atoms with E-state index in [1.54, 1.807) is 12.3 Å². The van der Waals surface area contributed by atoms with Gasteiger partial charge in [0.25, 0.3) is 0 Å². The van der Waals surface area contributed by atoms with Gasteiger partial charge in [-0.1, -0.05) is 17.7 Å². The molecule has 1 aliphatic heterocycles. The fourth-order valence-corrected chi connectivity index (χ4v) is 2.29. The number of pyridine rings is 1. The van der Waals surface area contributed by atoms with Gasteiger partial charge in [0, 0.05) is 12.7 Å². The van der Waals surface area contributed by atoms with Crippen molar-refractivity contribution in [2.45, 2.75) is 23.8 Å². The first-order chi connectivity index (χ1) is 7.24. The third kappa shape index (κ3) is 2.81. The predicted octanol–water partition coefficient (Wildman–Crippen LogP) is -1.39. The molecule has 1 aliphatic rings. The van der Waals surface area contributed by atoms with Gasteiger partial charge >= 0.3 is 29.6 Å². The van der Waals surface area contributed by atoms with Gasteiger partial charge in [-0.2, -0.15) is 4.90 Å². The molecular formula is C10H12ClN2NaOS. The molecule has 0 amide bonds. The van der Waals surface area contributed by atoms with E-state index in [9.17, 15) is 5.11 Å². The van der Waals surface area contributed by atoms with Crippen molar-refractivity contribution in [2.75, 3.05) is 18.1 Å². The summed E-state index contributed by atoms with van der Waals surface area (Å²) in [6.07, 6.45) is 3.71. The van der Waals surface area contributed by atoms with Crippen molar-refractivity contribution in [1.29, 1.82) is 0 Å². The Morgan fingerprint density at radius 1 is 1.62 bits per heavy atom. The minimum Gasteiger partial charge on any atom is -0.778 e. The van der Waals surface area contributed by atoms with Crippen LogP contribution in [0.5, 0.6) is 0 Å². The van der Waals surface area contributed by atoms with Crippen molar-refractivity contribution in [3.8, 4) is 0 Å². The zero-order valence-corrected chi connectivity index (χ0v) is 12.8. The van der Waals surface area contributed by atoms with Gasteiger partial charge < -0.3 is 22.6 Å². The van der Waals surface area contributed by atoms with Crippen LogP contribution in [0.3, 0.4) is 0 Å². The number of hydrogen-bond donors (Lipinski definition) is 1. The molecule has 0 saturated carbocycles. The molecule has 3 nitrogen and oxygen atoms in total. The molecule has 0 bridgehead atoms. The maximum atomic E-state index is 9.22. The van der Waals surface area contributed by atoms with Crippen molar-refractivity contribution in [2.24, 2.45) is 0 Å². The number of rotatable bonds is 2. The molecule has 82 valence electrons. The summed E-state index contributed by atoms with van der Waals surface area (Å²) in [5.41, 5.74) is 0. The normalized spacial score (nSPS) is 19.6. The van der Waals surface area contributed by atoms with E-state index in [2.05, 4.69) is 4.98 Å². The fourth-order valence-electron chi connectivity index (χ4n) is 1.92. The van der Waals surface area contributed by atoms with E-state index < -0.39 is 0 Å². The topological polar surface area (TPSA) is 36.4 Å². The average molecular weight is 267 g/mol. The zero-order chi connectivity index (χ0) is 10.8. The Morgan fingerprint density at radius 3 is 3.06 bits per heavy atom. The molecule has 1 aromatic heterocycles. The molecule has 1 N–H and O–H groups in total. The Balaban J connectivity index is 0.00000128. The Labute approximate surface area is 128 Å². The van der Waals surface area contributed by atoms with Crippen LogP contribution in [0.2, 0.25) is 5.02 Å². The molecule has 0 spiro atoms. The summed E-state index contributed by atoms with van der Waals surface area (Å²) in [6, 6.07) is 1.84. The summed E-state index contributed by atoms with van der Waals surface area (Å²) in [7, 11) is 0. The van der Waals surface area contributed by atoms with E-state index in [4.69, 9.17) is 24.2 Å². The van der Waals surface area contributed by atoms with Crippen LogP contribution in [0.15, 0.2) is 17.2 Å². The van der Waals surface area contributed by atoms with Crippen molar-refractivity contribution < 1.29 is 34.7 Å². The molecule has 0 aliphatic carbocycles.